The summed E-state index contributed by atoms with van der Waals surface area (Å²) in [6, 6.07) is 3.61. The van der Waals surface area contributed by atoms with Gasteiger partial charge in [0.25, 0.3) is 0 Å². The molecule has 1 fully saturated rings. The Kier molecular flexibility index (Phi) is 3.31. The van der Waals surface area contributed by atoms with Crippen LogP contribution in [0, 0.1) is 11.7 Å². The number of hydrogen-bond donors (Lipinski definition) is 1. The van der Waals surface area contributed by atoms with E-state index < -0.39 is 0 Å². The first-order chi connectivity index (χ1) is 7.31. The second kappa shape index (κ2) is 4.71. The monoisotopic (exact) mass is 208 g/mol. The summed E-state index contributed by atoms with van der Waals surface area (Å²) in [4.78, 5) is 4.16. The molecule has 15 heavy (non-hydrogen) atoms. The van der Waals surface area contributed by atoms with Gasteiger partial charge >= 0.3 is 0 Å². The normalized spacial score (nSPS) is 17.7. The van der Waals surface area contributed by atoms with Crippen molar-refractivity contribution in [3.8, 4) is 0 Å². The highest BCUT2D eigenvalue weighted by Gasteiger charge is 2.32. The van der Waals surface area contributed by atoms with Crippen LogP contribution in [0.5, 0.6) is 0 Å². The van der Waals surface area contributed by atoms with Gasteiger partial charge in [0.1, 0.15) is 5.82 Å². The second-order valence-corrected chi connectivity index (χ2v) is 4.17. The van der Waals surface area contributed by atoms with E-state index in [2.05, 4.69) is 17.2 Å². The smallest absolute Gasteiger partial charge is 0.141 e. The molecule has 1 aromatic rings. The zero-order valence-corrected chi connectivity index (χ0v) is 9.04. The van der Waals surface area contributed by atoms with Gasteiger partial charge < -0.3 is 5.32 Å². The third kappa shape index (κ3) is 2.75. The van der Waals surface area contributed by atoms with Crippen molar-refractivity contribution >= 4 is 0 Å². The molecule has 1 aliphatic rings. The quantitative estimate of drug-likeness (QED) is 0.804. The average Bonchev–Trinajstić information content (AvgIpc) is 3.05. The molecule has 1 unspecified atom stereocenters. The first kappa shape index (κ1) is 10.6. The lowest BCUT2D eigenvalue weighted by atomic mass is 10.1. The molecule has 1 N–H and O–H groups in total. The summed E-state index contributed by atoms with van der Waals surface area (Å²) in [5, 5.41) is 3.48. The maximum Gasteiger partial charge on any atom is 0.141 e. The minimum absolute atomic E-state index is 0.260. The van der Waals surface area contributed by atoms with Crippen molar-refractivity contribution in [2.24, 2.45) is 5.92 Å². The first-order valence-corrected chi connectivity index (χ1v) is 5.66. The Bertz CT molecular complexity index is 306. The van der Waals surface area contributed by atoms with Crippen molar-refractivity contribution in [1.29, 1.82) is 0 Å². The molecular weight excluding hydrogens is 191 g/mol. The van der Waals surface area contributed by atoms with Gasteiger partial charge in [-0.15, -0.1) is 0 Å². The molecule has 3 heteroatoms. The Balaban J connectivity index is 2.06. The SMILES string of the molecule is CCCNC(c1ccc(F)cn1)C1CC1. The molecule has 1 atom stereocenters. The summed E-state index contributed by atoms with van der Waals surface area (Å²) in [7, 11) is 0. The predicted molar refractivity (Wildman–Crippen MR) is 58.0 cm³/mol. The van der Waals surface area contributed by atoms with Crippen LogP contribution in [0.3, 0.4) is 0 Å². The Labute approximate surface area is 89.9 Å². The Hall–Kier alpha value is -0.960. The number of hydrogen-bond acceptors (Lipinski definition) is 2. The van der Waals surface area contributed by atoms with Crippen LogP contribution in [0.15, 0.2) is 18.3 Å². The largest absolute Gasteiger partial charge is 0.308 e. The summed E-state index contributed by atoms with van der Waals surface area (Å²) in [5.41, 5.74) is 0.979. The van der Waals surface area contributed by atoms with Gasteiger partial charge in [-0.05, 0) is 43.9 Å². The molecule has 0 bridgehead atoms. The van der Waals surface area contributed by atoms with Crippen molar-refractivity contribution < 1.29 is 4.39 Å². The van der Waals surface area contributed by atoms with Crippen molar-refractivity contribution in [3.05, 3.63) is 29.8 Å². The van der Waals surface area contributed by atoms with Gasteiger partial charge in [-0.1, -0.05) is 6.92 Å². The highest BCUT2D eigenvalue weighted by atomic mass is 19.1. The Morgan fingerprint density at radius 2 is 2.33 bits per heavy atom. The van der Waals surface area contributed by atoms with Crippen LogP contribution in [0.2, 0.25) is 0 Å². The molecule has 0 amide bonds. The third-order valence-corrected chi connectivity index (χ3v) is 2.78. The average molecular weight is 208 g/mol. The fraction of sp³-hybridized carbons (Fsp3) is 0.583. The third-order valence-electron chi connectivity index (χ3n) is 2.78. The maximum absolute atomic E-state index is 12.7. The minimum Gasteiger partial charge on any atom is -0.308 e. The summed E-state index contributed by atoms with van der Waals surface area (Å²) in [6.07, 6.45) is 4.95. The number of halogens is 1. The van der Waals surface area contributed by atoms with Crippen LogP contribution in [-0.2, 0) is 0 Å². The van der Waals surface area contributed by atoms with Gasteiger partial charge in [-0.25, -0.2) is 4.39 Å². The zero-order chi connectivity index (χ0) is 10.7. The number of nitrogens with zero attached hydrogens (tertiary/aromatic N) is 1. The van der Waals surface area contributed by atoms with E-state index in [9.17, 15) is 4.39 Å². The molecule has 0 radical (unpaired) electrons. The van der Waals surface area contributed by atoms with Crippen LogP contribution in [-0.4, -0.2) is 11.5 Å². The molecule has 1 heterocycles. The number of rotatable bonds is 5. The lowest BCUT2D eigenvalue weighted by molar-refractivity contribution is 0.468. The standard InChI is InChI=1S/C12H17FN2/c1-2-7-14-12(9-3-4-9)11-6-5-10(13)8-15-11/h5-6,8-9,12,14H,2-4,7H2,1H3. The molecular formula is C12H17FN2. The lowest BCUT2D eigenvalue weighted by Gasteiger charge is -2.17. The van der Waals surface area contributed by atoms with Crippen molar-refractivity contribution in [2.45, 2.75) is 32.2 Å². The van der Waals surface area contributed by atoms with Gasteiger partial charge in [0.15, 0.2) is 0 Å². The van der Waals surface area contributed by atoms with Gasteiger partial charge in [-0.3, -0.25) is 4.98 Å². The van der Waals surface area contributed by atoms with Gasteiger partial charge in [0.05, 0.1) is 17.9 Å². The topological polar surface area (TPSA) is 24.9 Å². The lowest BCUT2D eigenvalue weighted by Crippen LogP contribution is -2.24. The van der Waals surface area contributed by atoms with Crippen LogP contribution < -0.4 is 5.32 Å². The highest BCUT2D eigenvalue weighted by Crippen LogP contribution is 2.40. The molecule has 0 saturated heterocycles. The van der Waals surface area contributed by atoms with E-state index in [-0.39, 0.29) is 5.82 Å². The molecule has 0 spiro atoms. The molecule has 0 aromatic carbocycles. The van der Waals surface area contributed by atoms with E-state index in [1.165, 1.54) is 25.1 Å². The summed E-state index contributed by atoms with van der Waals surface area (Å²) in [5.74, 6) is 0.443. The Morgan fingerprint density at radius 1 is 1.53 bits per heavy atom. The van der Waals surface area contributed by atoms with Crippen LogP contribution in [0.25, 0.3) is 0 Å². The molecule has 1 saturated carbocycles. The summed E-state index contributed by atoms with van der Waals surface area (Å²) in [6.45, 7) is 3.15. The van der Waals surface area contributed by atoms with E-state index in [0.717, 1.165) is 18.7 Å². The van der Waals surface area contributed by atoms with E-state index in [1.54, 1.807) is 6.07 Å². The Morgan fingerprint density at radius 3 is 2.87 bits per heavy atom. The molecule has 2 rings (SSSR count). The van der Waals surface area contributed by atoms with Crippen LogP contribution in [0.1, 0.15) is 37.9 Å². The predicted octanol–water partition coefficient (Wildman–Crippen LogP) is 2.67. The van der Waals surface area contributed by atoms with Gasteiger partial charge in [0.2, 0.25) is 0 Å². The molecule has 1 aliphatic carbocycles. The fourth-order valence-electron chi connectivity index (χ4n) is 1.81. The van der Waals surface area contributed by atoms with Gasteiger partial charge in [0, 0.05) is 0 Å². The second-order valence-electron chi connectivity index (χ2n) is 4.17. The van der Waals surface area contributed by atoms with Crippen molar-refractivity contribution in [3.63, 3.8) is 0 Å². The highest BCUT2D eigenvalue weighted by molar-refractivity contribution is 5.13. The molecule has 2 nitrogen and oxygen atoms in total. The first-order valence-electron chi connectivity index (χ1n) is 5.66. The molecule has 0 aliphatic heterocycles. The van der Waals surface area contributed by atoms with E-state index in [1.807, 2.05) is 0 Å². The van der Waals surface area contributed by atoms with E-state index in [4.69, 9.17) is 0 Å². The van der Waals surface area contributed by atoms with Crippen LogP contribution >= 0.6 is 0 Å². The van der Waals surface area contributed by atoms with Crippen molar-refractivity contribution in [2.75, 3.05) is 6.54 Å². The van der Waals surface area contributed by atoms with Crippen molar-refractivity contribution in [1.82, 2.24) is 10.3 Å². The zero-order valence-electron chi connectivity index (χ0n) is 9.04. The number of pyridine rings is 1. The molecule has 82 valence electrons. The van der Waals surface area contributed by atoms with Crippen LogP contribution in [0.4, 0.5) is 4.39 Å². The fourth-order valence-corrected chi connectivity index (χ4v) is 1.81. The minimum atomic E-state index is -0.260. The summed E-state index contributed by atoms with van der Waals surface area (Å²) < 4.78 is 12.7. The van der Waals surface area contributed by atoms with E-state index >= 15 is 0 Å². The van der Waals surface area contributed by atoms with Gasteiger partial charge in [-0.2, -0.15) is 0 Å². The summed E-state index contributed by atoms with van der Waals surface area (Å²) >= 11 is 0. The molecule has 1 aromatic heterocycles. The number of aromatic nitrogens is 1. The maximum atomic E-state index is 12.7. The van der Waals surface area contributed by atoms with E-state index in [0.29, 0.717) is 12.0 Å². The number of nitrogens with one attached hydrogen (secondary N) is 1.